The maximum atomic E-state index is 12.0. The van der Waals surface area contributed by atoms with E-state index in [4.69, 9.17) is 9.84 Å². The average Bonchev–Trinajstić information content (AvgIpc) is 2.58. The summed E-state index contributed by atoms with van der Waals surface area (Å²) >= 11 is 0. The van der Waals surface area contributed by atoms with Crippen LogP contribution in [0.4, 0.5) is 0 Å². The van der Waals surface area contributed by atoms with Crippen molar-refractivity contribution in [3.63, 3.8) is 0 Å². The van der Waals surface area contributed by atoms with E-state index >= 15 is 0 Å². The van der Waals surface area contributed by atoms with Crippen LogP contribution in [0.25, 0.3) is 0 Å². The summed E-state index contributed by atoms with van der Waals surface area (Å²) in [6, 6.07) is 15.5. The first-order chi connectivity index (χ1) is 11.1. The molecule has 0 aliphatic rings. The van der Waals surface area contributed by atoms with Gasteiger partial charge in [0.15, 0.2) is 0 Å². The van der Waals surface area contributed by atoms with Gasteiger partial charge in [0.1, 0.15) is 18.4 Å². The summed E-state index contributed by atoms with van der Waals surface area (Å²) in [5.41, 5.74) is 1.46. The first-order valence-corrected chi connectivity index (χ1v) is 7.40. The minimum atomic E-state index is -1.04. The van der Waals surface area contributed by atoms with E-state index in [9.17, 15) is 9.59 Å². The molecule has 0 heterocycles. The van der Waals surface area contributed by atoms with Crippen LogP contribution in [0.3, 0.4) is 0 Å². The molecule has 1 unspecified atom stereocenters. The van der Waals surface area contributed by atoms with Gasteiger partial charge in [-0.25, -0.2) is 4.79 Å². The van der Waals surface area contributed by atoms with Gasteiger partial charge in [-0.1, -0.05) is 37.3 Å². The van der Waals surface area contributed by atoms with Crippen LogP contribution in [0.1, 0.15) is 29.3 Å². The minimum Gasteiger partial charge on any atom is -0.489 e. The third-order valence-corrected chi connectivity index (χ3v) is 3.38. The van der Waals surface area contributed by atoms with E-state index in [2.05, 4.69) is 5.32 Å². The molecule has 5 heteroatoms. The zero-order valence-electron chi connectivity index (χ0n) is 12.9. The number of nitrogens with one attached hydrogen (secondary N) is 1. The Labute approximate surface area is 134 Å². The Morgan fingerprint density at radius 3 is 2.30 bits per heavy atom. The zero-order valence-corrected chi connectivity index (χ0v) is 12.9. The molecule has 0 aliphatic heterocycles. The highest BCUT2D eigenvalue weighted by Crippen LogP contribution is 2.14. The second-order valence-corrected chi connectivity index (χ2v) is 5.07. The molecule has 1 amide bonds. The van der Waals surface area contributed by atoms with Gasteiger partial charge < -0.3 is 15.2 Å². The summed E-state index contributed by atoms with van der Waals surface area (Å²) in [5, 5.41) is 11.4. The maximum Gasteiger partial charge on any atom is 0.326 e. The van der Waals surface area contributed by atoms with Gasteiger partial charge in [-0.05, 0) is 36.2 Å². The molecular formula is C18H19NO4. The van der Waals surface area contributed by atoms with E-state index in [1.165, 1.54) is 0 Å². The largest absolute Gasteiger partial charge is 0.489 e. The number of rotatable bonds is 7. The first kappa shape index (κ1) is 16.5. The zero-order chi connectivity index (χ0) is 16.7. The topological polar surface area (TPSA) is 75.6 Å². The monoisotopic (exact) mass is 313 g/mol. The van der Waals surface area contributed by atoms with Crippen LogP contribution >= 0.6 is 0 Å². The highest BCUT2D eigenvalue weighted by Gasteiger charge is 2.18. The predicted octanol–water partition coefficient (Wildman–Crippen LogP) is 2.86. The molecule has 0 aliphatic carbocycles. The van der Waals surface area contributed by atoms with Crippen molar-refractivity contribution in [3.05, 3.63) is 65.7 Å². The maximum absolute atomic E-state index is 12.0. The summed E-state index contributed by atoms with van der Waals surface area (Å²) in [6.45, 7) is 2.16. The van der Waals surface area contributed by atoms with Crippen molar-refractivity contribution in [1.29, 1.82) is 0 Å². The van der Waals surface area contributed by atoms with Gasteiger partial charge in [0.2, 0.25) is 0 Å². The Hall–Kier alpha value is -2.82. The smallest absolute Gasteiger partial charge is 0.326 e. The molecule has 23 heavy (non-hydrogen) atoms. The Morgan fingerprint density at radius 2 is 1.74 bits per heavy atom. The molecule has 2 rings (SSSR count). The van der Waals surface area contributed by atoms with Gasteiger partial charge in [-0.15, -0.1) is 0 Å². The van der Waals surface area contributed by atoms with Gasteiger partial charge in [-0.2, -0.15) is 0 Å². The molecule has 0 saturated carbocycles. The number of carbonyl (C=O) groups excluding carboxylic acids is 1. The molecular weight excluding hydrogens is 294 g/mol. The number of hydrogen-bond donors (Lipinski definition) is 2. The molecule has 0 saturated heterocycles. The molecule has 0 radical (unpaired) electrons. The number of carboxylic acid groups (broad SMARTS) is 1. The molecule has 5 nitrogen and oxygen atoms in total. The van der Waals surface area contributed by atoms with Gasteiger partial charge in [0, 0.05) is 5.56 Å². The number of amides is 1. The van der Waals surface area contributed by atoms with Crippen molar-refractivity contribution in [1.82, 2.24) is 5.32 Å². The van der Waals surface area contributed by atoms with Crippen LogP contribution in [0.15, 0.2) is 54.6 Å². The summed E-state index contributed by atoms with van der Waals surface area (Å²) in [4.78, 5) is 22.9. The predicted molar refractivity (Wildman–Crippen MR) is 86.4 cm³/mol. The number of aliphatic carboxylic acids is 1. The van der Waals surface area contributed by atoms with Crippen molar-refractivity contribution in [2.24, 2.45) is 0 Å². The SMILES string of the molecule is CCC(NC(=O)c1ccc(OCc2ccccc2)cc1)C(=O)O. The third kappa shape index (κ3) is 4.85. The highest BCUT2D eigenvalue weighted by atomic mass is 16.5. The van der Waals surface area contributed by atoms with Gasteiger partial charge >= 0.3 is 5.97 Å². The lowest BCUT2D eigenvalue weighted by Gasteiger charge is -2.12. The summed E-state index contributed by atoms with van der Waals surface area (Å²) in [5.74, 6) is -0.798. The summed E-state index contributed by atoms with van der Waals surface area (Å²) in [6.07, 6.45) is 0.333. The lowest BCUT2D eigenvalue weighted by molar-refractivity contribution is -0.139. The second-order valence-electron chi connectivity index (χ2n) is 5.07. The van der Waals surface area contributed by atoms with E-state index in [-0.39, 0.29) is 0 Å². The summed E-state index contributed by atoms with van der Waals surface area (Å²) < 4.78 is 5.64. The molecule has 2 N–H and O–H groups in total. The van der Waals surface area contributed by atoms with E-state index in [1.807, 2.05) is 30.3 Å². The Kier molecular flexibility index (Phi) is 5.74. The second kappa shape index (κ2) is 7.98. The molecule has 2 aromatic carbocycles. The molecule has 0 spiro atoms. The first-order valence-electron chi connectivity index (χ1n) is 7.40. The highest BCUT2D eigenvalue weighted by molar-refractivity contribution is 5.96. The van der Waals surface area contributed by atoms with Crippen LogP contribution < -0.4 is 10.1 Å². The minimum absolute atomic E-state index is 0.333. The van der Waals surface area contributed by atoms with Gasteiger partial charge in [0.25, 0.3) is 5.91 Å². The molecule has 2 aromatic rings. The van der Waals surface area contributed by atoms with Crippen molar-refractivity contribution in [2.75, 3.05) is 0 Å². The fourth-order valence-electron chi connectivity index (χ4n) is 2.02. The number of carbonyl (C=O) groups is 2. The quantitative estimate of drug-likeness (QED) is 0.824. The van der Waals surface area contributed by atoms with Crippen LogP contribution in [0, 0.1) is 0 Å². The van der Waals surface area contributed by atoms with Crippen LogP contribution in [-0.4, -0.2) is 23.0 Å². The molecule has 1 atom stereocenters. The Balaban J connectivity index is 1.93. The Morgan fingerprint density at radius 1 is 1.09 bits per heavy atom. The van der Waals surface area contributed by atoms with Crippen molar-refractivity contribution < 1.29 is 19.4 Å². The molecule has 0 bridgehead atoms. The van der Waals surface area contributed by atoms with Crippen molar-refractivity contribution in [2.45, 2.75) is 26.0 Å². The molecule has 120 valence electrons. The lowest BCUT2D eigenvalue weighted by Crippen LogP contribution is -2.40. The van der Waals surface area contributed by atoms with Crippen LogP contribution in [-0.2, 0) is 11.4 Å². The number of carboxylic acids is 1. The van der Waals surface area contributed by atoms with E-state index in [0.717, 1.165) is 5.56 Å². The third-order valence-electron chi connectivity index (χ3n) is 3.38. The van der Waals surface area contributed by atoms with Crippen molar-refractivity contribution >= 4 is 11.9 Å². The number of ether oxygens (including phenoxy) is 1. The van der Waals surface area contributed by atoms with E-state index < -0.39 is 17.9 Å². The normalized spacial score (nSPS) is 11.5. The van der Waals surface area contributed by atoms with Crippen LogP contribution in [0.2, 0.25) is 0 Å². The number of benzene rings is 2. The Bertz CT molecular complexity index is 652. The fraction of sp³-hybridized carbons (Fsp3) is 0.222. The van der Waals surface area contributed by atoms with Crippen molar-refractivity contribution in [3.8, 4) is 5.75 Å². The summed E-state index contributed by atoms with van der Waals surface area (Å²) in [7, 11) is 0. The standard InChI is InChI=1S/C18H19NO4/c1-2-16(18(21)22)19-17(20)14-8-10-15(11-9-14)23-12-13-6-4-3-5-7-13/h3-11,16H,2,12H2,1H3,(H,19,20)(H,21,22). The number of hydrogen-bond acceptors (Lipinski definition) is 3. The van der Waals surface area contributed by atoms with Gasteiger partial charge in [-0.3, -0.25) is 4.79 Å². The lowest BCUT2D eigenvalue weighted by atomic mass is 10.1. The molecule has 0 aromatic heterocycles. The van der Waals surface area contributed by atoms with Gasteiger partial charge in [0.05, 0.1) is 0 Å². The van der Waals surface area contributed by atoms with E-state index in [1.54, 1.807) is 31.2 Å². The fourth-order valence-corrected chi connectivity index (χ4v) is 2.02. The average molecular weight is 313 g/mol. The van der Waals surface area contributed by atoms with Crippen LogP contribution in [0.5, 0.6) is 5.75 Å². The molecule has 0 fully saturated rings. The van der Waals surface area contributed by atoms with E-state index in [0.29, 0.717) is 24.3 Å².